The number of aromatic nitrogens is 1. The zero-order chi connectivity index (χ0) is 7.56. The van der Waals surface area contributed by atoms with Crippen LogP contribution in [0.5, 0.6) is 0 Å². The summed E-state index contributed by atoms with van der Waals surface area (Å²) < 4.78 is 1.79. The van der Waals surface area contributed by atoms with Crippen molar-refractivity contribution in [2.75, 3.05) is 7.11 Å². The number of rotatable bonds is 1. The Morgan fingerprint density at radius 2 is 1.64 bits per heavy atom. The number of halogens is 1. The van der Waals surface area contributed by atoms with Crippen molar-refractivity contribution >= 4 is 0 Å². The summed E-state index contributed by atoms with van der Waals surface area (Å²) >= 11 is 0. The molecular formula is C8H12BrNO. The van der Waals surface area contributed by atoms with Gasteiger partial charge in [0.25, 0.3) is 0 Å². The van der Waals surface area contributed by atoms with Gasteiger partial charge in [-0.3, -0.25) is 4.84 Å². The van der Waals surface area contributed by atoms with E-state index in [-0.39, 0.29) is 17.0 Å². The van der Waals surface area contributed by atoms with Gasteiger partial charge in [0.05, 0.1) is 0 Å². The average Bonchev–Trinajstić information content (AvgIpc) is 1.88. The molecule has 0 N–H and O–H groups in total. The van der Waals surface area contributed by atoms with Gasteiger partial charge in [-0.1, -0.05) is 0 Å². The van der Waals surface area contributed by atoms with E-state index in [1.54, 1.807) is 11.8 Å². The van der Waals surface area contributed by atoms with Crippen molar-refractivity contribution in [2.24, 2.45) is 0 Å². The molecule has 0 spiro atoms. The van der Waals surface area contributed by atoms with Crippen LogP contribution in [0.3, 0.4) is 0 Å². The molecule has 1 aromatic heterocycles. The smallest absolute Gasteiger partial charge is 0.231 e. The molecule has 2 nitrogen and oxygen atoms in total. The second kappa shape index (κ2) is 4.34. The lowest BCUT2D eigenvalue weighted by Crippen LogP contribution is -3.00. The highest BCUT2D eigenvalue weighted by Gasteiger charge is 2.07. The predicted octanol–water partition coefficient (Wildman–Crippen LogP) is -2.35. The second-order valence-corrected chi connectivity index (χ2v) is 2.29. The van der Waals surface area contributed by atoms with E-state index in [4.69, 9.17) is 4.84 Å². The summed E-state index contributed by atoms with van der Waals surface area (Å²) in [5, 5.41) is 0. The van der Waals surface area contributed by atoms with Crippen molar-refractivity contribution in [3.63, 3.8) is 0 Å². The first kappa shape index (κ1) is 10.4. The Morgan fingerprint density at radius 1 is 1.18 bits per heavy atom. The normalized spacial score (nSPS) is 8.64. The molecule has 0 bridgehead atoms. The van der Waals surface area contributed by atoms with Crippen molar-refractivity contribution in [3.05, 3.63) is 29.6 Å². The number of pyridine rings is 1. The number of aryl methyl sites for hydroxylation is 2. The minimum atomic E-state index is 0. The first-order valence-corrected chi connectivity index (χ1v) is 3.28. The van der Waals surface area contributed by atoms with Crippen molar-refractivity contribution in [3.8, 4) is 0 Å². The molecule has 0 saturated carbocycles. The molecule has 0 aromatic carbocycles. The second-order valence-electron chi connectivity index (χ2n) is 2.29. The first-order valence-electron chi connectivity index (χ1n) is 3.28. The molecule has 0 aliphatic rings. The van der Waals surface area contributed by atoms with Gasteiger partial charge in [-0.25, -0.2) is 0 Å². The van der Waals surface area contributed by atoms with E-state index in [9.17, 15) is 0 Å². The van der Waals surface area contributed by atoms with E-state index in [0.717, 1.165) is 11.4 Å². The lowest BCUT2D eigenvalue weighted by Gasteiger charge is -1.96. The summed E-state index contributed by atoms with van der Waals surface area (Å²) in [5.74, 6) is 0. The van der Waals surface area contributed by atoms with Crippen LogP contribution < -0.4 is 26.5 Å². The summed E-state index contributed by atoms with van der Waals surface area (Å²) in [5.41, 5.74) is 2.23. The molecule has 1 rings (SSSR count). The molecule has 0 fully saturated rings. The molecule has 0 saturated heterocycles. The third-order valence-electron chi connectivity index (χ3n) is 1.50. The molecule has 0 aliphatic heterocycles. The number of hydrogen-bond donors (Lipinski definition) is 0. The highest BCUT2D eigenvalue weighted by atomic mass is 79.9. The Kier molecular flexibility index (Phi) is 4.11. The van der Waals surface area contributed by atoms with Gasteiger partial charge in [-0.05, 0) is 6.07 Å². The zero-order valence-corrected chi connectivity index (χ0v) is 8.55. The molecule has 1 aromatic rings. The lowest BCUT2D eigenvalue weighted by atomic mass is 10.3. The monoisotopic (exact) mass is 217 g/mol. The van der Waals surface area contributed by atoms with Crippen LogP contribution in [0.25, 0.3) is 0 Å². The minimum Gasteiger partial charge on any atom is -1.00 e. The Bertz CT molecular complexity index is 217. The standard InChI is InChI=1S/C8H12NO.BrH/c1-7-5-4-6-8(2)9(7)10-3;/h4-6H,1-3H3;1H/q+1;/p-1. The maximum absolute atomic E-state index is 5.09. The van der Waals surface area contributed by atoms with Gasteiger partial charge in [-0.2, -0.15) is 0 Å². The number of hydrogen-bond acceptors (Lipinski definition) is 1. The molecule has 0 unspecified atom stereocenters. The van der Waals surface area contributed by atoms with E-state index in [1.165, 1.54) is 0 Å². The summed E-state index contributed by atoms with van der Waals surface area (Å²) in [6, 6.07) is 6.03. The van der Waals surface area contributed by atoms with Crippen LogP contribution in [-0.2, 0) is 0 Å². The van der Waals surface area contributed by atoms with Gasteiger partial charge in [-0.15, -0.1) is 0 Å². The van der Waals surface area contributed by atoms with Crippen LogP contribution in [0.15, 0.2) is 18.2 Å². The maximum Gasteiger partial charge on any atom is 0.231 e. The van der Waals surface area contributed by atoms with Gasteiger partial charge in [0.2, 0.25) is 11.4 Å². The third-order valence-corrected chi connectivity index (χ3v) is 1.50. The molecule has 1 heterocycles. The van der Waals surface area contributed by atoms with Crippen LogP contribution in [0.1, 0.15) is 11.4 Å². The Hall–Kier alpha value is -0.570. The minimum absolute atomic E-state index is 0. The van der Waals surface area contributed by atoms with Gasteiger partial charge < -0.3 is 17.0 Å². The van der Waals surface area contributed by atoms with Gasteiger partial charge in [0.15, 0.2) is 0 Å². The predicted molar refractivity (Wildman–Crippen MR) is 38.6 cm³/mol. The van der Waals surface area contributed by atoms with E-state index >= 15 is 0 Å². The van der Waals surface area contributed by atoms with E-state index in [1.807, 2.05) is 32.0 Å². The molecule has 62 valence electrons. The molecule has 0 amide bonds. The largest absolute Gasteiger partial charge is 1.00 e. The summed E-state index contributed by atoms with van der Waals surface area (Å²) in [6.45, 7) is 4.02. The van der Waals surface area contributed by atoms with Crippen LogP contribution in [0, 0.1) is 13.8 Å². The van der Waals surface area contributed by atoms with Crippen LogP contribution in [0.2, 0.25) is 0 Å². The van der Waals surface area contributed by atoms with E-state index < -0.39 is 0 Å². The summed E-state index contributed by atoms with van der Waals surface area (Å²) in [6.07, 6.45) is 0. The Labute approximate surface area is 77.5 Å². The van der Waals surface area contributed by atoms with Crippen LogP contribution in [-0.4, -0.2) is 7.11 Å². The van der Waals surface area contributed by atoms with Crippen molar-refractivity contribution < 1.29 is 26.5 Å². The lowest BCUT2D eigenvalue weighted by molar-refractivity contribution is -0.893. The molecule has 11 heavy (non-hydrogen) atoms. The fourth-order valence-electron chi connectivity index (χ4n) is 1.03. The highest BCUT2D eigenvalue weighted by molar-refractivity contribution is 5.00. The topological polar surface area (TPSA) is 13.1 Å². The number of nitrogens with zero attached hydrogens (tertiary/aromatic N) is 1. The van der Waals surface area contributed by atoms with Crippen LogP contribution >= 0.6 is 0 Å². The first-order chi connectivity index (χ1) is 4.75. The maximum atomic E-state index is 5.09. The third kappa shape index (κ3) is 2.19. The molecule has 0 radical (unpaired) electrons. The molecule has 0 atom stereocenters. The highest BCUT2D eigenvalue weighted by Crippen LogP contribution is 1.91. The summed E-state index contributed by atoms with van der Waals surface area (Å²) in [4.78, 5) is 5.09. The fourth-order valence-corrected chi connectivity index (χ4v) is 1.03. The summed E-state index contributed by atoms with van der Waals surface area (Å²) in [7, 11) is 1.67. The van der Waals surface area contributed by atoms with Gasteiger partial charge in [0, 0.05) is 30.7 Å². The fraction of sp³-hybridized carbons (Fsp3) is 0.375. The van der Waals surface area contributed by atoms with E-state index in [0.29, 0.717) is 0 Å². The van der Waals surface area contributed by atoms with Crippen molar-refractivity contribution in [1.29, 1.82) is 0 Å². The van der Waals surface area contributed by atoms with Crippen molar-refractivity contribution in [2.45, 2.75) is 13.8 Å². The van der Waals surface area contributed by atoms with Crippen molar-refractivity contribution in [1.82, 2.24) is 0 Å². The Balaban J connectivity index is 0.000001000. The SMILES string of the molecule is CO[n+]1c(C)cccc1C.[Br-]. The molecule has 3 heteroatoms. The average molecular weight is 218 g/mol. The zero-order valence-electron chi connectivity index (χ0n) is 6.97. The van der Waals surface area contributed by atoms with Crippen LogP contribution in [0.4, 0.5) is 0 Å². The quantitative estimate of drug-likeness (QED) is 0.481. The Morgan fingerprint density at radius 3 is 1.91 bits per heavy atom. The molecule has 0 aliphatic carbocycles. The van der Waals surface area contributed by atoms with E-state index in [2.05, 4.69) is 0 Å². The molecular weight excluding hydrogens is 206 g/mol. The van der Waals surface area contributed by atoms with Gasteiger partial charge in [0.1, 0.15) is 7.11 Å². The van der Waals surface area contributed by atoms with Gasteiger partial charge >= 0.3 is 0 Å².